The Bertz CT molecular complexity index is 1280. The number of benzene rings is 2. The van der Waals surface area contributed by atoms with Crippen LogP contribution < -0.4 is 4.74 Å². The molecule has 0 bridgehead atoms. The normalized spacial score (nSPS) is 20.0. The lowest BCUT2D eigenvalue weighted by Crippen LogP contribution is -2.49. The van der Waals surface area contributed by atoms with Crippen LogP contribution in [0.4, 0.5) is 0 Å². The second kappa shape index (κ2) is 12.8. The van der Waals surface area contributed by atoms with E-state index < -0.39 is 22.0 Å². The fraction of sp³-hybridized carbons (Fsp3) is 0.483. The average Bonchev–Trinajstić information content (AvgIpc) is 2.85. The Morgan fingerprint density at radius 3 is 2.47 bits per heavy atom. The Morgan fingerprint density at radius 1 is 1.18 bits per heavy atom. The number of carboxylic acid groups (broad SMARTS) is 1. The van der Waals surface area contributed by atoms with Crippen molar-refractivity contribution in [3.63, 3.8) is 0 Å². The van der Waals surface area contributed by atoms with Gasteiger partial charge in [-0.3, -0.25) is 4.90 Å². The minimum Gasteiger partial charge on any atom is -0.487 e. The molecule has 0 aliphatic carbocycles. The van der Waals surface area contributed by atoms with Crippen LogP contribution in [0.15, 0.2) is 47.4 Å². The van der Waals surface area contributed by atoms with Gasteiger partial charge in [-0.05, 0) is 55.8 Å². The molecule has 1 aliphatic heterocycles. The molecule has 0 unspecified atom stereocenters. The Hall–Kier alpha value is -2.90. The first kappa shape index (κ1) is 29.7. The van der Waals surface area contributed by atoms with Gasteiger partial charge in [-0.2, -0.15) is 4.31 Å². The fourth-order valence-electron chi connectivity index (χ4n) is 4.31. The number of hydrogen-bond acceptors (Lipinski definition) is 6. The van der Waals surface area contributed by atoms with Gasteiger partial charge in [0, 0.05) is 43.6 Å². The van der Waals surface area contributed by atoms with E-state index in [1.807, 2.05) is 14.0 Å². The van der Waals surface area contributed by atoms with Gasteiger partial charge in [-0.25, -0.2) is 13.2 Å². The minimum atomic E-state index is -3.91. The molecule has 0 fully saturated rings. The number of hydrogen-bond donors (Lipinski definition) is 2. The van der Waals surface area contributed by atoms with Crippen molar-refractivity contribution in [3.05, 3.63) is 59.2 Å². The molecule has 0 saturated heterocycles. The predicted octanol–water partition coefficient (Wildman–Crippen LogP) is 3.68. The summed E-state index contributed by atoms with van der Waals surface area (Å²) in [6.45, 7) is 8.80. The molecule has 1 aliphatic rings. The molecule has 0 radical (unpaired) electrons. The zero-order valence-corrected chi connectivity index (χ0v) is 23.5. The van der Waals surface area contributed by atoms with Crippen molar-refractivity contribution in [3.8, 4) is 17.6 Å². The highest BCUT2D eigenvalue weighted by molar-refractivity contribution is 7.89. The van der Waals surface area contributed by atoms with Crippen molar-refractivity contribution in [1.82, 2.24) is 9.21 Å². The number of rotatable bonds is 8. The molecular weight excluding hydrogens is 504 g/mol. The molecule has 2 N–H and O–H groups in total. The molecule has 3 atom stereocenters. The van der Waals surface area contributed by atoms with Crippen molar-refractivity contribution in [1.29, 1.82) is 0 Å². The summed E-state index contributed by atoms with van der Waals surface area (Å²) >= 11 is 0. The maximum atomic E-state index is 13.6. The molecule has 0 spiro atoms. The second-order valence-corrected chi connectivity index (χ2v) is 12.4. The highest BCUT2D eigenvalue weighted by Gasteiger charge is 2.38. The monoisotopic (exact) mass is 542 g/mol. The third-order valence-corrected chi connectivity index (χ3v) is 8.57. The van der Waals surface area contributed by atoms with Crippen LogP contribution in [-0.2, 0) is 16.6 Å². The summed E-state index contributed by atoms with van der Waals surface area (Å²) in [5.74, 6) is 5.79. The third-order valence-electron chi connectivity index (χ3n) is 6.56. The topological polar surface area (TPSA) is 107 Å². The molecule has 206 valence electrons. The average molecular weight is 543 g/mol. The maximum Gasteiger partial charge on any atom is 0.335 e. The Morgan fingerprint density at radius 2 is 1.87 bits per heavy atom. The lowest BCUT2D eigenvalue weighted by Gasteiger charge is -2.37. The zero-order valence-electron chi connectivity index (χ0n) is 22.7. The molecule has 0 saturated carbocycles. The zero-order chi connectivity index (χ0) is 28.0. The minimum absolute atomic E-state index is 0.0658. The number of fused-ring (bicyclic) bond motifs is 1. The van der Waals surface area contributed by atoms with Crippen LogP contribution in [0.1, 0.15) is 55.6 Å². The van der Waals surface area contributed by atoms with E-state index in [2.05, 4.69) is 30.6 Å². The van der Waals surface area contributed by atoms with E-state index >= 15 is 0 Å². The van der Waals surface area contributed by atoms with Crippen LogP contribution in [0.2, 0.25) is 0 Å². The number of carbonyl (C=O) groups is 1. The van der Waals surface area contributed by atoms with Crippen LogP contribution in [0.3, 0.4) is 0 Å². The summed E-state index contributed by atoms with van der Waals surface area (Å²) in [6, 6.07) is 11.1. The van der Waals surface area contributed by atoms with E-state index in [-0.39, 0.29) is 41.4 Å². The molecular formula is C29H38N2O6S. The molecule has 2 aromatic carbocycles. The quantitative estimate of drug-likeness (QED) is 0.490. The van der Waals surface area contributed by atoms with E-state index in [4.69, 9.17) is 9.84 Å². The van der Waals surface area contributed by atoms with Crippen molar-refractivity contribution >= 4 is 16.0 Å². The molecule has 0 amide bonds. The Kier molecular flexibility index (Phi) is 9.96. The van der Waals surface area contributed by atoms with E-state index in [1.165, 1.54) is 4.31 Å². The smallest absolute Gasteiger partial charge is 0.335 e. The van der Waals surface area contributed by atoms with Gasteiger partial charge in [-0.15, -0.1) is 0 Å². The van der Waals surface area contributed by atoms with Crippen molar-refractivity contribution < 1.29 is 28.2 Å². The lowest BCUT2D eigenvalue weighted by atomic mass is 10.0. The van der Waals surface area contributed by atoms with Crippen molar-refractivity contribution in [2.24, 2.45) is 11.8 Å². The van der Waals surface area contributed by atoms with Crippen LogP contribution in [0.25, 0.3) is 0 Å². The first-order valence-electron chi connectivity index (χ1n) is 12.9. The van der Waals surface area contributed by atoms with Gasteiger partial charge in [0.2, 0.25) is 10.0 Å². The highest BCUT2D eigenvalue weighted by Crippen LogP contribution is 2.34. The number of aliphatic hydroxyl groups is 1. The molecule has 3 rings (SSSR count). The maximum absolute atomic E-state index is 13.6. The number of carboxylic acids is 1. The summed E-state index contributed by atoms with van der Waals surface area (Å²) in [5, 5.41) is 19.0. The lowest BCUT2D eigenvalue weighted by molar-refractivity contribution is 0.0697. The van der Waals surface area contributed by atoms with E-state index in [1.54, 1.807) is 49.4 Å². The Balaban J connectivity index is 1.93. The predicted molar refractivity (Wildman–Crippen MR) is 147 cm³/mol. The van der Waals surface area contributed by atoms with Gasteiger partial charge >= 0.3 is 5.97 Å². The first-order chi connectivity index (χ1) is 17.9. The summed E-state index contributed by atoms with van der Waals surface area (Å²) < 4.78 is 35.0. The number of sulfonamides is 1. The summed E-state index contributed by atoms with van der Waals surface area (Å²) in [5.41, 5.74) is 1.87. The highest BCUT2D eigenvalue weighted by atomic mass is 32.2. The molecule has 38 heavy (non-hydrogen) atoms. The molecule has 8 nitrogen and oxygen atoms in total. The SMILES string of the molecule is CC(C)CC#Cc1ccc2c(c1)O[C@H](CN(C)Cc1ccc(C(=O)O)cc1)[C@@H](C)CN([C@H](C)CO)S2(=O)=O. The number of aromatic carboxylic acids is 1. The third kappa shape index (κ3) is 7.35. The molecule has 1 heterocycles. The van der Waals surface area contributed by atoms with E-state index in [0.29, 0.717) is 24.6 Å². The molecule has 9 heteroatoms. The molecule has 0 aromatic heterocycles. The van der Waals surface area contributed by atoms with Gasteiger partial charge in [-0.1, -0.05) is 44.7 Å². The van der Waals surface area contributed by atoms with Gasteiger partial charge in [0.1, 0.15) is 16.7 Å². The van der Waals surface area contributed by atoms with Crippen molar-refractivity contribution in [2.45, 2.75) is 57.7 Å². The standard InChI is InChI=1S/C29H38N2O6S/c1-20(2)7-6-8-23-11-14-28-26(15-23)37-27(21(3)16-31(22(4)19-32)38(28,35)36)18-30(5)17-24-9-12-25(13-10-24)29(33)34/h9-15,20-22,27,32H,7,16-19H2,1-5H3,(H,33,34)/t21-,22+,27+/m0/s1. The summed E-state index contributed by atoms with van der Waals surface area (Å²) in [7, 11) is -1.97. The summed E-state index contributed by atoms with van der Waals surface area (Å²) in [6.07, 6.45) is 0.385. The fourth-order valence-corrected chi connectivity index (χ4v) is 6.14. The van der Waals surface area contributed by atoms with Gasteiger partial charge in [0.15, 0.2) is 0 Å². The van der Waals surface area contributed by atoms with Gasteiger partial charge in [0.25, 0.3) is 0 Å². The van der Waals surface area contributed by atoms with Crippen LogP contribution in [0, 0.1) is 23.7 Å². The Labute approximate surface area is 226 Å². The van der Waals surface area contributed by atoms with Crippen LogP contribution >= 0.6 is 0 Å². The van der Waals surface area contributed by atoms with E-state index in [9.17, 15) is 18.3 Å². The number of nitrogens with zero attached hydrogens (tertiary/aromatic N) is 2. The first-order valence-corrected chi connectivity index (χ1v) is 14.3. The number of aliphatic hydroxyl groups excluding tert-OH is 1. The largest absolute Gasteiger partial charge is 0.487 e. The number of ether oxygens (including phenoxy) is 1. The van der Waals surface area contributed by atoms with Gasteiger partial charge < -0.3 is 14.9 Å². The van der Waals surface area contributed by atoms with Crippen LogP contribution in [-0.4, -0.2) is 72.7 Å². The van der Waals surface area contributed by atoms with Gasteiger partial charge in [0.05, 0.1) is 12.2 Å². The molecule has 2 aromatic rings. The van der Waals surface area contributed by atoms with Crippen molar-refractivity contribution in [2.75, 3.05) is 26.7 Å². The summed E-state index contributed by atoms with van der Waals surface area (Å²) in [4.78, 5) is 13.3. The van der Waals surface area contributed by atoms with Crippen LogP contribution in [0.5, 0.6) is 5.75 Å². The van der Waals surface area contributed by atoms with E-state index in [0.717, 1.165) is 12.0 Å². The number of likely N-dealkylation sites (N-methyl/N-ethyl adjacent to an activating group) is 1. The second-order valence-electron chi connectivity index (χ2n) is 10.5.